The highest BCUT2D eigenvalue weighted by molar-refractivity contribution is 6.33. The normalized spacial score (nSPS) is 16.5. The number of aromatic nitrogens is 2. The lowest BCUT2D eigenvalue weighted by Crippen LogP contribution is -2.40. The molecular formula is C20H27ClN4O3. The Bertz CT molecular complexity index is 869. The fourth-order valence-corrected chi connectivity index (χ4v) is 3.92. The van der Waals surface area contributed by atoms with Crippen molar-refractivity contribution in [1.29, 1.82) is 0 Å². The number of imidazole rings is 1. The third kappa shape index (κ3) is 4.66. The Labute approximate surface area is 169 Å². The van der Waals surface area contributed by atoms with Gasteiger partial charge in [-0.2, -0.15) is 0 Å². The summed E-state index contributed by atoms with van der Waals surface area (Å²) in [5.74, 6) is -0.389. The number of nitrogens with one attached hydrogen (secondary N) is 1. The molecule has 1 atom stereocenters. The molecule has 152 valence electrons. The first-order chi connectivity index (χ1) is 13.5. The Morgan fingerprint density at radius 2 is 1.96 bits per heavy atom. The van der Waals surface area contributed by atoms with E-state index in [-0.39, 0.29) is 22.2 Å². The van der Waals surface area contributed by atoms with Crippen molar-refractivity contribution in [2.75, 3.05) is 6.54 Å². The Balaban J connectivity index is 1.79. The number of carbonyl (C=O) groups excluding carboxylic acids is 1. The number of nitrogens with zero attached hydrogens (tertiary/aromatic N) is 2. The van der Waals surface area contributed by atoms with Gasteiger partial charge in [-0.1, -0.05) is 37.3 Å². The number of hydrogen-bond donors (Lipinski definition) is 3. The summed E-state index contributed by atoms with van der Waals surface area (Å²) in [5, 5.41) is 13.4. The smallest absolute Gasteiger partial charge is 0.332 e. The van der Waals surface area contributed by atoms with Crippen LogP contribution < -0.4 is 16.7 Å². The van der Waals surface area contributed by atoms with Gasteiger partial charge in [0.05, 0.1) is 16.3 Å². The Hall–Kier alpha value is -2.09. The molecule has 1 heterocycles. The van der Waals surface area contributed by atoms with Crippen LogP contribution in [0.15, 0.2) is 35.4 Å². The molecule has 1 saturated carbocycles. The predicted octanol–water partition coefficient (Wildman–Crippen LogP) is 2.27. The van der Waals surface area contributed by atoms with E-state index in [1.54, 1.807) is 30.6 Å². The number of nitrogens with two attached hydrogens (primary N) is 1. The van der Waals surface area contributed by atoms with E-state index in [9.17, 15) is 14.7 Å². The SMILES string of the molecule is NCCn1ccn(-c2ccc(Cl)c(C(=O)NC(O)C3CCCCCC3)c2)c1=O. The second-order valence-corrected chi connectivity index (χ2v) is 7.67. The fourth-order valence-electron chi connectivity index (χ4n) is 3.71. The Morgan fingerprint density at radius 1 is 1.25 bits per heavy atom. The van der Waals surface area contributed by atoms with Crippen molar-refractivity contribution in [3.05, 3.63) is 51.7 Å². The summed E-state index contributed by atoms with van der Waals surface area (Å²) in [4.78, 5) is 25.2. The molecule has 8 heteroatoms. The van der Waals surface area contributed by atoms with Gasteiger partial charge >= 0.3 is 5.69 Å². The zero-order chi connectivity index (χ0) is 20.1. The molecule has 1 aliphatic carbocycles. The van der Waals surface area contributed by atoms with Gasteiger partial charge in [-0.15, -0.1) is 0 Å². The number of aliphatic hydroxyl groups is 1. The molecule has 1 aromatic carbocycles. The van der Waals surface area contributed by atoms with E-state index in [0.29, 0.717) is 18.8 Å². The Morgan fingerprint density at radius 3 is 2.64 bits per heavy atom. The van der Waals surface area contributed by atoms with Crippen molar-refractivity contribution in [1.82, 2.24) is 14.5 Å². The second-order valence-electron chi connectivity index (χ2n) is 7.27. The summed E-state index contributed by atoms with van der Waals surface area (Å²) >= 11 is 6.22. The molecule has 0 bridgehead atoms. The molecule has 0 radical (unpaired) electrons. The average Bonchev–Trinajstić information content (AvgIpc) is 2.88. The molecular weight excluding hydrogens is 380 g/mol. The summed E-state index contributed by atoms with van der Waals surface area (Å²) in [7, 11) is 0. The summed E-state index contributed by atoms with van der Waals surface area (Å²) in [6.45, 7) is 0.775. The second kappa shape index (κ2) is 9.41. The largest absolute Gasteiger partial charge is 0.373 e. The van der Waals surface area contributed by atoms with Crippen molar-refractivity contribution < 1.29 is 9.90 Å². The molecule has 0 aliphatic heterocycles. The third-order valence-electron chi connectivity index (χ3n) is 5.32. The van der Waals surface area contributed by atoms with E-state index in [1.807, 2.05) is 0 Å². The maximum Gasteiger partial charge on any atom is 0.332 e. The van der Waals surface area contributed by atoms with Crippen LogP contribution in [0.1, 0.15) is 48.9 Å². The molecule has 1 amide bonds. The summed E-state index contributed by atoms with van der Waals surface area (Å²) < 4.78 is 2.94. The highest BCUT2D eigenvalue weighted by Gasteiger charge is 2.23. The van der Waals surface area contributed by atoms with Crippen LogP contribution >= 0.6 is 11.6 Å². The van der Waals surface area contributed by atoms with E-state index in [4.69, 9.17) is 17.3 Å². The molecule has 1 unspecified atom stereocenters. The molecule has 2 aromatic rings. The molecule has 0 saturated heterocycles. The molecule has 1 fully saturated rings. The van der Waals surface area contributed by atoms with Crippen LogP contribution in [-0.2, 0) is 6.54 Å². The van der Waals surface area contributed by atoms with Crippen molar-refractivity contribution in [3.8, 4) is 5.69 Å². The summed E-state index contributed by atoms with van der Waals surface area (Å²) in [5.41, 5.74) is 6.03. The molecule has 0 spiro atoms. The number of benzene rings is 1. The molecule has 7 nitrogen and oxygen atoms in total. The molecule has 4 N–H and O–H groups in total. The van der Waals surface area contributed by atoms with Crippen LogP contribution in [0, 0.1) is 5.92 Å². The van der Waals surface area contributed by atoms with Crippen molar-refractivity contribution in [2.45, 2.75) is 51.3 Å². The zero-order valence-electron chi connectivity index (χ0n) is 15.8. The van der Waals surface area contributed by atoms with E-state index in [1.165, 1.54) is 22.0 Å². The van der Waals surface area contributed by atoms with Crippen LogP contribution in [0.2, 0.25) is 5.02 Å². The molecule has 3 rings (SSSR count). The van der Waals surface area contributed by atoms with Gasteiger partial charge in [0.15, 0.2) is 0 Å². The number of rotatable bonds is 6. The quantitative estimate of drug-likeness (QED) is 0.505. The van der Waals surface area contributed by atoms with Gasteiger partial charge in [0.25, 0.3) is 5.91 Å². The lowest BCUT2D eigenvalue weighted by molar-refractivity contribution is 0.0532. The van der Waals surface area contributed by atoms with Crippen LogP contribution in [0.3, 0.4) is 0 Å². The van der Waals surface area contributed by atoms with E-state index < -0.39 is 12.1 Å². The number of amides is 1. The first kappa shape index (κ1) is 20.6. The topological polar surface area (TPSA) is 102 Å². The average molecular weight is 407 g/mol. The van der Waals surface area contributed by atoms with Crippen molar-refractivity contribution in [2.24, 2.45) is 11.7 Å². The van der Waals surface area contributed by atoms with Crippen LogP contribution in [-0.4, -0.2) is 32.9 Å². The number of carbonyl (C=O) groups is 1. The first-order valence-corrected chi connectivity index (χ1v) is 10.2. The number of hydrogen-bond acceptors (Lipinski definition) is 4. The molecule has 1 aliphatic rings. The predicted molar refractivity (Wildman–Crippen MR) is 109 cm³/mol. The van der Waals surface area contributed by atoms with Gasteiger partial charge in [0.1, 0.15) is 6.23 Å². The van der Waals surface area contributed by atoms with Crippen LogP contribution in [0.25, 0.3) is 5.69 Å². The highest BCUT2D eigenvalue weighted by atomic mass is 35.5. The fraction of sp³-hybridized carbons (Fsp3) is 0.500. The van der Waals surface area contributed by atoms with Crippen LogP contribution in [0.4, 0.5) is 0 Å². The van der Waals surface area contributed by atoms with Gasteiger partial charge in [0, 0.05) is 31.4 Å². The summed E-state index contributed by atoms with van der Waals surface area (Å²) in [6.07, 6.45) is 8.65. The van der Waals surface area contributed by atoms with Gasteiger partial charge in [-0.05, 0) is 31.0 Å². The first-order valence-electron chi connectivity index (χ1n) is 9.78. The van der Waals surface area contributed by atoms with E-state index in [0.717, 1.165) is 25.7 Å². The zero-order valence-corrected chi connectivity index (χ0v) is 16.6. The molecule has 28 heavy (non-hydrogen) atoms. The lowest BCUT2D eigenvalue weighted by Gasteiger charge is -2.22. The minimum Gasteiger partial charge on any atom is -0.373 e. The van der Waals surface area contributed by atoms with Crippen molar-refractivity contribution >= 4 is 17.5 Å². The standard InChI is InChI=1S/C20H27ClN4O3/c21-17-8-7-15(25-12-11-24(10-9-22)20(25)28)13-16(17)19(27)23-18(26)14-5-3-1-2-4-6-14/h7-8,11-14,18,26H,1-6,9-10,22H2,(H,23,27). The number of halogens is 1. The lowest BCUT2D eigenvalue weighted by atomic mass is 9.98. The highest BCUT2D eigenvalue weighted by Crippen LogP contribution is 2.25. The van der Waals surface area contributed by atoms with Gasteiger partial charge in [-0.3, -0.25) is 13.9 Å². The minimum absolute atomic E-state index is 0.0568. The maximum atomic E-state index is 12.7. The van der Waals surface area contributed by atoms with Gasteiger partial charge in [0.2, 0.25) is 0 Å². The monoisotopic (exact) mass is 406 g/mol. The maximum absolute atomic E-state index is 12.7. The summed E-state index contributed by atoms with van der Waals surface area (Å²) in [6, 6.07) is 4.82. The number of aliphatic hydroxyl groups excluding tert-OH is 1. The van der Waals surface area contributed by atoms with Crippen LogP contribution in [0.5, 0.6) is 0 Å². The Kier molecular flexibility index (Phi) is 6.93. The van der Waals surface area contributed by atoms with Gasteiger partial charge in [-0.25, -0.2) is 4.79 Å². The van der Waals surface area contributed by atoms with E-state index >= 15 is 0 Å². The third-order valence-corrected chi connectivity index (χ3v) is 5.65. The minimum atomic E-state index is -0.904. The van der Waals surface area contributed by atoms with E-state index in [2.05, 4.69) is 5.32 Å². The van der Waals surface area contributed by atoms with Crippen molar-refractivity contribution in [3.63, 3.8) is 0 Å². The van der Waals surface area contributed by atoms with Gasteiger partial charge < -0.3 is 16.2 Å². The molecule has 1 aromatic heterocycles.